The van der Waals surface area contributed by atoms with E-state index in [9.17, 15) is 4.79 Å². The first-order chi connectivity index (χ1) is 18.0. The van der Waals surface area contributed by atoms with Gasteiger partial charge in [0.25, 0.3) is 5.56 Å². The van der Waals surface area contributed by atoms with Gasteiger partial charge in [-0.1, -0.05) is 28.9 Å². The molecular formula is C27H23BrIN3O5. The summed E-state index contributed by atoms with van der Waals surface area (Å²) in [5.74, 6) is 3.25. The fraction of sp³-hybridized carbons (Fsp3) is 0.222. The van der Waals surface area contributed by atoms with E-state index in [1.54, 1.807) is 19.4 Å². The van der Waals surface area contributed by atoms with Crippen LogP contribution in [0.3, 0.4) is 0 Å². The number of nitrogens with zero attached hydrogens (tertiary/aromatic N) is 3. The molecular weight excluding hydrogens is 653 g/mol. The third kappa shape index (κ3) is 5.45. The quantitative estimate of drug-likeness (QED) is 0.171. The summed E-state index contributed by atoms with van der Waals surface area (Å²) in [4.78, 5) is 17.9. The van der Waals surface area contributed by atoms with Gasteiger partial charge in [0.15, 0.2) is 23.0 Å². The number of aromatic nitrogens is 2. The Labute approximate surface area is 235 Å². The summed E-state index contributed by atoms with van der Waals surface area (Å²) in [6, 6.07) is 15.0. The molecule has 0 saturated heterocycles. The average molecular weight is 676 g/mol. The molecule has 8 nitrogen and oxygen atoms in total. The van der Waals surface area contributed by atoms with Gasteiger partial charge in [-0.05, 0) is 82.6 Å². The Morgan fingerprint density at radius 2 is 2.00 bits per heavy atom. The van der Waals surface area contributed by atoms with E-state index in [0.717, 1.165) is 31.3 Å². The minimum atomic E-state index is -0.212. The molecule has 1 aromatic heterocycles. The number of halogens is 2. The van der Waals surface area contributed by atoms with Crippen LogP contribution in [0.15, 0.2) is 62.9 Å². The number of fused-ring (bicyclic) bond motifs is 2. The maximum Gasteiger partial charge on any atom is 0.282 e. The average Bonchev–Trinajstić information content (AvgIpc) is 3.36. The molecule has 4 aromatic rings. The van der Waals surface area contributed by atoms with Gasteiger partial charge in [-0.25, -0.2) is 4.98 Å². The second-order valence-electron chi connectivity index (χ2n) is 8.31. The van der Waals surface area contributed by atoms with Crippen LogP contribution in [-0.4, -0.2) is 29.8 Å². The number of rotatable bonds is 8. The van der Waals surface area contributed by atoms with Crippen LogP contribution in [-0.2, 0) is 13.0 Å². The lowest BCUT2D eigenvalue weighted by Gasteiger charge is -2.14. The van der Waals surface area contributed by atoms with Crippen molar-refractivity contribution in [2.75, 3.05) is 13.9 Å². The molecule has 0 saturated carbocycles. The molecule has 190 valence electrons. The highest BCUT2D eigenvalue weighted by atomic mass is 127. The van der Waals surface area contributed by atoms with Crippen LogP contribution in [0.2, 0.25) is 0 Å². The maximum absolute atomic E-state index is 13.3. The number of ether oxygens (including phenoxy) is 4. The topological polar surface area (TPSA) is 84.2 Å². The van der Waals surface area contributed by atoms with E-state index in [1.807, 2.05) is 49.4 Å². The number of methoxy groups -OCH3 is 1. The number of hydrogen-bond donors (Lipinski definition) is 0. The van der Waals surface area contributed by atoms with E-state index in [1.165, 1.54) is 4.68 Å². The first-order valence-corrected chi connectivity index (χ1v) is 13.5. The number of hydrogen-bond acceptors (Lipinski definition) is 7. The van der Waals surface area contributed by atoms with Crippen LogP contribution < -0.4 is 24.5 Å². The molecule has 0 spiro atoms. The molecule has 0 unspecified atom stereocenters. The first-order valence-electron chi connectivity index (χ1n) is 11.6. The fourth-order valence-corrected chi connectivity index (χ4v) is 5.11. The largest absolute Gasteiger partial charge is 0.493 e. The molecule has 0 atom stereocenters. The van der Waals surface area contributed by atoms with Gasteiger partial charge in [0.05, 0.1) is 27.8 Å². The van der Waals surface area contributed by atoms with E-state index in [2.05, 4.69) is 48.6 Å². The van der Waals surface area contributed by atoms with E-state index in [4.69, 9.17) is 18.9 Å². The Balaban J connectivity index is 1.43. The van der Waals surface area contributed by atoms with Gasteiger partial charge in [0.1, 0.15) is 12.4 Å². The number of aryl methyl sites for hydroxylation is 1. The minimum Gasteiger partial charge on any atom is -0.493 e. The zero-order valence-electron chi connectivity index (χ0n) is 20.2. The number of benzene rings is 3. The summed E-state index contributed by atoms with van der Waals surface area (Å²) in [5.41, 5.74) is 2.16. The molecule has 0 amide bonds. The van der Waals surface area contributed by atoms with Crippen LogP contribution in [0.4, 0.5) is 0 Å². The normalized spacial score (nSPS) is 12.4. The molecule has 2 heterocycles. The van der Waals surface area contributed by atoms with Crippen LogP contribution in [0, 0.1) is 3.57 Å². The van der Waals surface area contributed by atoms with Crippen LogP contribution >= 0.6 is 38.5 Å². The van der Waals surface area contributed by atoms with Crippen LogP contribution in [0.5, 0.6) is 23.0 Å². The zero-order valence-corrected chi connectivity index (χ0v) is 23.9. The Morgan fingerprint density at radius 3 is 2.81 bits per heavy atom. The van der Waals surface area contributed by atoms with Gasteiger partial charge >= 0.3 is 0 Å². The van der Waals surface area contributed by atoms with E-state index in [0.29, 0.717) is 47.0 Å². The molecule has 0 N–H and O–H groups in total. The second-order valence-corrected chi connectivity index (χ2v) is 10.4. The molecule has 0 radical (unpaired) electrons. The minimum absolute atomic E-state index is 0.212. The fourth-order valence-electron chi connectivity index (χ4n) is 3.96. The summed E-state index contributed by atoms with van der Waals surface area (Å²) in [5, 5.41) is 5.03. The van der Waals surface area contributed by atoms with Gasteiger partial charge in [0.2, 0.25) is 6.79 Å². The summed E-state index contributed by atoms with van der Waals surface area (Å²) >= 11 is 5.64. The van der Waals surface area contributed by atoms with Gasteiger partial charge in [-0.2, -0.15) is 9.78 Å². The summed E-state index contributed by atoms with van der Waals surface area (Å²) in [6.45, 7) is 2.61. The van der Waals surface area contributed by atoms with Crippen molar-refractivity contribution in [1.29, 1.82) is 0 Å². The first kappa shape index (κ1) is 25.5. The standard InChI is InChI=1S/C27H23BrIN3O5/c1-3-4-25-31-21-7-6-18(28)12-19(21)27(33)32(25)30-13-17-9-20(29)26(24(11-17)34-2)35-14-16-5-8-22-23(10-16)37-15-36-22/h5-13H,3-4,14-15H2,1-2H3. The molecule has 0 bridgehead atoms. The van der Waals surface area contributed by atoms with Gasteiger partial charge in [-0.3, -0.25) is 4.79 Å². The molecule has 1 aliphatic heterocycles. The van der Waals surface area contributed by atoms with Crippen molar-refractivity contribution in [3.8, 4) is 23.0 Å². The Bertz CT molecular complexity index is 1570. The van der Waals surface area contributed by atoms with Crippen molar-refractivity contribution in [3.05, 3.63) is 83.9 Å². The molecule has 3 aromatic carbocycles. The SMILES string of the molecule is CCCc1nc2ccc(Br)cc2c(=O)n1N=Cc1cc(I)c(OCc2ccc3c(c2)OCO3)c(OC)c1. The predicted octanol–water partition coefficient (Wildman–Crippen LogP) is 5.91. The second kappa shape index (κ2) is 11.1. The van der Waals surface area contributed by atoms with Gasteiger partial charge < -0.3 is 18.9 Å². The molecule has 37 heavy (non-hydrogen) atoms. The Kier molecular flexibility index (Phi) is 7.65. The van der Waals surface area contributed by atoms with Gasteiger partial charge in [0, 0.05) is 10.9 Å². The lowest BCUT2D eigenvalue weighted by molar-refractivity contribution is 0.174. The molecule has 5 rings (SSSR count). The molecule has 0 fully saturated rings. The van der Waals surface area contributed by atoms with Crippen LogP contribution in [0.25, 0.3) is 10.9 Å². The van der Waals surface area contributed by atoms with Crippen molar-refractivity contribution in [2.45, 2.75) is 26.4 Å². The van der Waals surface area contributed by atoms with E-state index in [-0.39, 0.29) is 12.4 Å². The van der Waals surface area contributed by atoms with E-state index < -0.39 is 0 Å². The summed E-state index contributed by atoms with van der Waals surface area (Å²) in [7, 11) is 1.59. The lowest BCUT2D eigenvalue weighted by atomic mass is 10.2. The maximum atomic E-state index is 13.3. The van der Waals surface area contributed by atoms with Crippen molar-refractivity contribution in [3.63, 3.8) is 0 Å². The Hall–Kier alpha value is -3.12. The zero-order chi connectivity index (χ0) is 25.9. The summed E-state index contributed by atoms with van der Waals surface area (Å²) in [6.07, 6.45) is 3.11. The highest BCUT2D eigenvalue weighted by molar-refractivity contribution is 14.1. The van der Waals surface area contributed by atoms with E-state index >= 15 is 0 Å². The third-order valence-corrected chi connectivity index (χ3v) is 7.04. The van der Waals surface area contributed by atoms with Crippen molar-refractivity contribution in [1.82, 2.24) is 9.66 Å². The van der Waals surface area contributed by atoms with Gasteiger partial charge in [-0.15, -0.1) is 0 Å². The molecule has 10 heteroatoms. The van der Waals surface area contributed by atoms with Crippen LogP contribution in [0.1, 0.15) is 30.3 Å². The van der Waals surface area contributed by atoms with Crippen molar-refractivity contribution in [2.24, 2.45) is 5.10 Å². The third-order valence-electron chi connectivity index (χ3n) is 5.74. The summed E-state index contributed by atoms with van der Waals surface area (Å²) < 4.78 is 25.6. The Morgan fingerprint density at radius 1 is 1.16 bits per heavy atom. The lowest BCUT2D eigenvalue weighted by Crippen LogP contribution is -2.22. The highest BCUT2D eigenvalue weighted by Crippen LogP contribution is 2.36. The smallest absolute Gasteiger partial charge is 0.282 e. The van der Waals surface area contributed by atoms with Crippen molar-refractivity contribution >= 4 is 55.6 Å². The molecule has 0 aliphatic carbocycles. The monoisotopic (exact) mass is 675 g/mol. The molecule has 1 aliphatic rings. The van der Waals surface area contributed by atoms with Crippen molar-refractivity contribution < 1.29 is 18.9 Å². The highest BCUT2D eigenvalue weighted by Gasteiger charge is 2.16. The predicted molar refractivity (Wildman–Crippen MR) is 153 cm³/mol.